The van der Waals surface area contributed by atoms with Crippen LogP contribution >= 0.6 is 0 Å². The van der Waals surface area contributed by atoms with Crippen LogP contribution in [0.3, 0.4) is 0 Å². The van der Waals surface area contributed by atoms with Crippen molar-refractivity contribution in [2.75, 3.05) is 57.9 Å². The largest absolute Gasteiger partial charge is 0.495 e. The maximum Gasteiger partial charge on any atom is 0.243 e. The van der Waals surface area contributed by atoms with Gasteiger partial charge in [0.2, 0.25) is 15.9 Å². The zero-order chi connectivity index (χ0) is 24.1. The van der Waals surface area contributed by atoms with Gasteiger partial charge in [-0.15, -0.1) is 0 Å². The van der Waals surface area contributed by atoms with Crippen molar-refractivity contribution in [3.8, 4) is 11.5 Å². The van der Waals surface area contributed by atoms with Crippen LogP contribution in [0.5, 0.6) is 11.5 Å². The molecule has 2 aromatic rings. The van der Waals surface area contributed by atoms with Gasteiger partial charge in [0.15, 0.2) is 0 Å². The van der Waals surface area contributed by atoms with E-state index < -0.39 is 10.0 Å². The maximum absolute atomic E-state index is 13.3. The second kappa shape index (κ2) is 10.7. The zero-order valence-corrected chi connectivity index (χ0v) is 20.7. The van der Waals surface area contributed by atoms with E-state index in [1.165, 1.54) is 4.31 Å². The van der Waals surface area contributed by atoms with E-state index in [0.717, 1.165) is 11.4 Å². The third-order valence-electron chi connectivity index (χ3n) is 6.52. The lowest BCUT2D eigenvalue weighted by Gasteiger charge is -2.39. The normalized spacial score (nSPS) is 19.6. The van der Waals surface area contributed by atoms with E-state index in [9.17, 15) is 13.2 Å². The highest BCUT2D eigenvalue weighted by molar-refractivity contribution is 7.89. The fourth-order valence-corrected chi connectivity index (χ4v) is 6.23. The highest BCUT2D eigenvalue weighted by atomic mass is 32.2. The summed E-state index contributed by atoms with van der Waals surface area (Å²) < 4.78 is 38.8. The molecule has 8 nitrogen and oxygen atoms in total. The number of ether oxygens (including phenoxy) is 2. The van der Waals surface area contributed by atoms with Crippen LogP contribution in [0.4, 0.5) is 5.69 Å². The number of carbonyl (C=O) groups excluding carboxylic acids is 1. The molecule has 2 aliphatic rings. The summed E-state index contributed by atoms with van der Waals surface area (Å²) in [5.74, 6) is 1.19. The number of benzene rings is 2. The summed E-state index contributed by atoms with van der Waals surface area (Å²) >= 11 is 0. The maximum atomic E-state index is 13.3. The van der Waals surface area contributed by atoms with Gasteiger partial charge in [-0.3, -0.25) is 4.79 Å². The van der Waals surface area contributed by atoms with Crippen molar-refractivity contribution in [2.45, 2.75) is 24.7 Å². The molecule has 0 N–H and O–H groups in total. The summed E-state index contributed by atoms with van der Waals surface area (Å²) in [4.78, 5) is 17.6. The van der Waals surface area contributed by atoms with Crippen LogP contribution in [-0.4, -0.2) is 76.5 Å². The number of carbonyl (C=O) groups is 1. The first-order chi connectivity index (χ1) is 16.4. The third-order valence-corrected chi connectivity index (χ3v) is 8.40. The summed E-state index contributed by atoms with van der Waals surface area (Å²) in [7, 11) is -2.00. The van der Waals surface area contributed by atoms with E-state index >= 15 is 0 Å². The molecule has 2 saturated heterocycles. The van der Waals surface area contributed by atoms with Gasteiger partial charge in [0.1, 0.15) is 11.5 Å². The molecule has 2 aromatic carbocycles. The van der Waals surface area contributed by atoms with Crippen LogP contribution in [0.1, 0.15) is 19.8 Å². The zero-order valence-electron chi connectivity index (χ0n) is 19.9. The number of piperazine rings is 1. The van der Waals surface area contributed by atoms with Crippen LogP contribution in [0.2, 0.25) is 0 Å². The van der Waals surface area contributed by atoms with Crippen LogP contribution < -0.4 is 14.4 Å². The fraction of sp³-hybridized carbons (Fsp3) is 0.480. The number of hydrogen-bond acceptors (Lipinski definition) is 6. The minimum atomic E-state index is -3.66. The van der Waals surface area contributed by atoms with Crippen molar-refractivity contribution >= 4 is 21.6 Å². The summed E-state index contributed by atoms with van der Waals surface area (Å²) in [5.41, 5.74) is 1.03. The topological polar surface area (TPSA) is 79.4 Å². The lowest BCUT2D eigenvalue weighted by molar-refractivity contribution is -0.137. The molecule has 0 saturated carbocycles. The minimum absolute atomic E-state index is 0.0475. The van der Waals surface area contributed by atoms with E-state index in [1.807, 2.05) is 36.1 Å². The van der Waals surface area contributed by atoms with Crippen molar-refractivity contribution in [3.63, 3.8) is 0 Å². The van der Waals surface area contributed by atoms with E-state index in [2.05, 4.69) is 4.90 Å². The first kappa shape index (κ1) is 24.3. The van der Waals surface area contributed by atoms with Crippen molar-refractivity contribution < 1.29 is 22.7 Å². The molecule has 0 unspecified atom stereocenters. The fourth-order valence-electron chi connectivity index (χ4n) is 4.70. The number of rotatable bonds is 7. The number of methoxy groups -OCH3 is 1. The molecule has 0 bridgehead atoms. The molecule has 0 spiro atoms. The minimum Gasteiger partial charge on any atom is -0.495 e. The van der Waals surface area contributed by atoms with E-state index in [-0.39, 0.29) is 23.3 Å². The van der Waals surface area contributed by atoms with Gasteiger partial charge in [-0.1, -0.05) is 12.1 Å². The summed E-state index contributed by atoms with van der Waals surface area (Å²) in [6, 6.07) is 14.4. The predicted molar refractivity (Wildman–Crippen MR) is 131 cm³/mol. The quantitative estimate of drug-likeness (QED) is 0.598. The number of hydrogen-bond donors (Lipinski definition) is 0. The van der Waals surface area contributed by atoms with Gasteiger partial charge in [0.25, 0.3) is 0 Å². The Morgan fingerprint density at radius 3 is 2.38 bits per heavy atom. The Kier molecular flexibility index (Phi) is 7.63. The van der Waals surface area contributed by atoms with Gasteiger partial charge in [-0.2, -0.15) is 4.31 Å². The average molecular weight is 488 g/mol. The van der Waals surface area contributed by atoms with Gasteiger partial charge in [-0.05, 0) is 56.2 Å². The molecule has 34 heavy (non-hydrogen) atoms. The first-order valence-corrected chi connectivity index (χ1v) is 13.3. The average Bonchev–Trinajstić information content (AvgIpc) is 2.89. The van der Waals surface area contributed by atoms with Crippen molar-refractivity contribution in [2.24, 2.45) is 5.92 Å². The summed E-state index contributed by atoms with van der Waals surface area (Å²) in [6.07, 6.45) is 1.38. The SMILES string of the molecule is CCOc1ccc(S(=O)(=O)N2CCC[C@@H](C(=O)N3CCN(c4ccccc4OC)CC3)C2)cc1. The number of piperidine rings is 1. The Morgan fingerprint density at radius 1 is 1.00 bits per heavy atom. The molecule has 9 heteroatoms. The number of sulfonamides is 1. The molecule has 4 rings (SSSR count). The standard InChI is InChI=1S/C25H33N3O5S/c1-3-33-21-10-12-22(13-11-21)34(30,31)28-14-6-7-20(19-28)25(29)27-17-15-26(16-18-27)23-8-4-5-9-24(23)32-2/h4-5,8-13,20H,3,6-7,14-19H2,1-2H3/t20-/m1/s1. The van der Waals surface area contributed by atoms with Crippen molar-refractivity contribution in [3.05, 3.63) is 48.5 Å². The predicted octanol–water partition coefficient (Wildman–Crippen LogP) is 2.84. The molecule has 1 amide bonds. The molecule has 2 heterocycles. The molecular formula is C25H33N3O5S. The molecule has 184 valence electrons. The molecule has 2 aliphatic heterocycles. The van der Waals surface area contributed by atoms with Crippen molar-refractivity contribution in [1.82, 2.24) is 9.21 Å². The van der Waals surface area contributed by atoms with E-state index in [0.29, 0.717) is 57.9 Å². The number of para-hydroxylation sites is 2. The summed E-state index contributed by atoms with van der Waals surface area (Å²) in [6.45, 7) is 5.71. The highest BCUT2D eigenvalue weighted by Crippen LogP contribution is 2.30. The Labute approximate surface area is 202 Å². The van der Waals surface area contributed by atoms with E-state index in [4.69, 9.17) is 9.47 Å². The molecule has 1 atom stereocenters. The van der Waals surface area contributed by atoms with Gasteiger partial charge in [0, 0.05) is 39.3 Å². The monoisotopic (exact) mass is 487 g/mol. The smallest absolute Gasteiger partial charge is 0.243 e. The lowest BCUT2D eigenvalue weighted by atomic mass is 9.97. The van der Waals surface area contributed by atoms with Gasteiger partial charge in [-0.25, -0.2) is 8.42 Å². The molecule has 0 aromatic heterocycles. The van der Waals surface area contributed by atoms with Crippen LogP contribution in [0, 0.1) is 5.92 Å². The van der Waals surface area contributed by atoms with Crippen LogP contribution in [0.15, 0.2) is 53.4 Å². The number of anilines is 1. The van der Waals surface area contributed by atoms with Crippen LogP contribution in [0.25, 0.3) is 0 Å². The number of amides is 1. The highest BCUT2D eigenvalue weighted by Gasteiger charge is 2.36. The lowest BCUT2D eigenvalue weighted by Crippen LogP contribution is -2.53. The molecule has 0 radical (unpaired) electrons. The molecule has 2 fully saturated rings. The Hall–Kier alpha value is -2.78. The number of nitrogens with zero attached hydrogens (tertiary/aromatic N) is 3. The van der Waals surface area contributed by atoms with E-state index in [1.54, 1.807) is 31.4 Å². The molecule has 0 aliphatic carbocycles. The Morgan fingerprint density at radius 2 is 1.71 bits per heavy atom. The van der Waals surface area contributed by atoms with Crippen LogP contribution in [-0.2, 0) is 14.8 Å². The first-order valence-electron chi connectivity index (χ1n) is 11.8. The third kappa shape index (κ3) is 5.15. The second-order valence-corrected chi connectivity index (χ2v) is 10.5. The van der Waals surface area contributed by atoms with Gasteiger partial charge >= 0.3 is 0 Å². The second-order valence-electron chi connectivity index (χ2n) is 8.59. The Bertz CT molecular complexity index is 1080. The van der Waals surface area contributed by atoms with Gasteiger partial charge in [0.05, 0.1) is 30.2 Å². The van der Waals surface area contributed by atoms with Gasteiger partial charge < -0.3 is 19.3 Å². The molecular weight excluding hydrogens is 454 g/mol. The summed E-state index contributed by atoms with van der Waals surface area (Å²) in [5, 5.41) is 0. The van der Waals surface area contributed by atoms with Crippen molar-refractivity contribution in [1.29, 1.82) is 0 Å². The Balaban J connectivity index is 1.38.